The van der Waals surface area contributed by atoms with Gasteiger partial charge in [0, 0.05) is 28.4 Å². The third-order valence-corrected chi connectivity index (χ3v) is 10.4. The van der Waals surface area contributed by atoms with Gasteiger partial charge in [0.25, 0.3) is 10.0 Å². The van der Waals surface area contributed by atoms with Crippen LogP contribution >= 0.6 is 27.7 Å². The Morgan fingerprint density at radius 3 is 2.09 bits per heavy atom. The van der Waals surface area contributed by atoms with Crippen molar-refractivity contribution in [3.8, 4) is 5.75 Å². The molecule has 11 heteroatoms. The number of ether oxygens (including phenoxy) is 1. The molecule has 1 atom stereocenters. The lowest BCUT2D eigenvalue weighted by molar-refractivity contribution is -0.140. The topological polar surface area (TPSA) is 96.0 Å². The van der Waals surface area contributed by atoms with Crippen molar-refractivity contribution in [3.05, 3.63) is 119 Å². The molecule has 4 rings (SSSR count). The molecule has 4 aromatic carbocycles. The van der Waals surface area contributed by atoms with Crippen molar-refractivity contribution in [1.29, 1.82) is 0 Å². The smallest absolute Gasteiger partial charge is 0.264 e. The highest BCUT2D eigenvalue weighted by Crippen LogP contribution is 2.28. The number of nitrogens with one attached hydrogen (secondary N) is 1. The van der Waals surface area contributed by atoms with Crippen LogP contribution in [0.25, 0.3) is 0 Å². The second kappa shape index (κ2) is 16.9. The van der Waals surface area contributed by atoms with Crippen LogP contribution in [0.3, 0.4) is 0 Å². The van der Waals surface area contributed by atoms with Crippen molar-refractivity contribution in [2.24, 2.45) is 0 Å². The second-order valence-corrected chi connectivity index (χ2v) is 14.8. The maximum absolute atomic E-state index is 14.6. The molecule has 2 amide bonds. The Balaban J connectivity index is 1.80. The van der Waals surface area contributed by atoms with Crippen LogP contribution in [-0.4, -0.2) is 56.6 Å². The van der Waals surface area contributed by atoms with E-state index in [0.717, 1.165) is 24.8 Å². The maximum atomic E-state index is 14.6. The molecule has 0 aromatic heterocycles. The zero-order valence-electron chi connectivity index (χ0n) is 26.9. The van der Waals surface area contributed by atoms with Gasteiger partial charge in [-0.1, -0.05) is 58.4 Å². The molecule has 0 bridgehead atoms. The van der Waals surface area contributed by atoms with E-state index in [0.29, 0.717) is 18.0 Å². The minimum absolute atomic E-state index is 0.0508. The van der Waals surface area contributed by atoms with E-state index >= 15 is 0 Å². The highest BCUT2D eigenvalue weighted by atomic mass is 79.9. The first-order valence-corrected chi connectivity index (χ1v) is 18.8. The number of carbonyl (C=O) groups excluding carboxylic acids is 2. The minimum atomic E-state index is -4.21. The van der Waals surface area contributed by atoms with Crippen LogP contribution in [0.4, 0.5) is 5.69 Å². The van der Waals surface area contributed by atoms with Gasteiger partial charge in [0.2, 0.25) is 11.8 Å². The number of sulfonamides is 1. The molecular formula is C36H40BrN3O5S2. The van der Waals surface area contributed by atoms with Crippen LogP contribution in [0.1, 0.15) is 31.9 Å². The van der Waals surface area contributed by atoms with Crippen molar-refractivity contribution in [3.63, 3.8) is 0 Å². The SMILES string of the molecule is CCOc1ccc(N(CC(=O)N(Cc2ccc(Br)cc2)C(Cc2ccccc2)C(=O)NC(C)C)S(=O)(=O)c2ccc(SC)cc2)cc1. The van der Waals surface area contributed by atoms with Crippen molar-refractivity contribution in [1.82, 2.24) is 10.2 Å². The van der Waals surface area contributed by atoms with Crippen molar-refractivity contribution < 1.29 is 22.7 Å². The predicted octanol–water partition coefficient (Wildman–Crippen LogP) is 6.93. The van der Waals surface area contributed by atoms with Crippen LogP contribution in [0.5, 0.6) is 5.75 Å². The largest absolute Gasteiger partial charge is 0.494 e. The van der Waals surface area contributed by atoms with Gasteiger partial charge >= 0.3 is 0 Å². The van der Waals surface area contributed by atoms with E-state index in [4.69, 9.17) is 4.74 Å². The molecule has 0 saturated heterocycles. The molecular weight excluding hydrogens is 698 g/mol. The lowest BCUT2D eigenvalue weighted by Crippen LogP contribution is -2.54. The van der Waals surface area contributed by atoms with Gasteiger partial charge < -0.3 is 15.0 Å². The average molecular weight is 739 g/mol. The van der Waals surface area contributed by atoms with E-state index in [9.17, 15) is 18.0 Å². The number of hydrogen-bond donors (Lipinski definition) is 1. The van der Waals surface area contributed by atoms with Crippen molar-refractivity contribution >= 4 is 55.2 Å². The fraction of sp³-hybridized carbons (Fsp3) is 0.278. The summed E-state index contributed by atoms with van der Waals surface area (Å²) in [6.45, 7) is 5.60. The average Bonchev–Trinajstić information content (AvgIpc) is 3.06. The Morgan fingerprint density at radius 2 is 1.51 bits per heavy atom. The predicted molar refractivity (Wildman–Crippen MR) is 192 cm³/mol. The van der Waals surface area contributed by atoms with Crippen LogP contribution in [0.15, 0.2) is 117 Å². The number of anilines is 1. The summed E-state index contributed by atoms with van der Waals surface area (Å²) in [5, 5.41) is 2.98. The maximum Gasteiger partial charge on any atom is 0.264 e. The van der Waals surface area contributed by atoms with Crippen molar-refractivity contribution in [2.45, 2.75) is 55.6 Å². The Bertz CT molecular complexity index is 1720. The molecule has 0 aliphatic rings. The van der Waals surface area contributed by atoms with Gasteiger partial charge in [-0.15, -0.1) is 11.8 Å². The normalized spacial score (nSPS) is 12.0. The van der Waals surface area contributed by atoms with Crippen molar-refractivity contribution in [2.75, 3.05) is 23.7 Å². The first-order chi connectivity index (χ1) is 22.5. The van der Waals surface area contributed by atoms with Gasteiger partial charge in [0.05, 0.1) is 17.2 Å². The third-order valence-electron chi connectivity index (χ3n) is 7.33. The Labute approximate surface area is 290 Å². The van der Waals surface area contributed by atoms with Crippen LogP contribution < -0.4 is 14.4 Å². The molecule has 0 spiro atoms. The van der Waals surface area contributed by atoms with Gasteiger partial charge in [0.1, 0.15) is 18.3 Å². The number of benzene rings is 4. The minimum Gasteiger partial charge on any atom is -0.494 e. The summed E-state index contributed by atoms with van der Waals surface area (Å²) in [5.74, 6) is -0.266. The first kappa shape index (κ1) is 36.0. The molecule has 0 aliphatic heterocycles. The quantitative estimate of drug-likeness (QED) is 0.133. The highest BCUT2D eigenvalue weighted by molar-refractivity contribution is 9.10. The summed E-state index contributed by atoms with van der Waals surface area (Å²) in [6, 6.07) is 29.0. The van der Waals surface area contributed by atoms with Gasteiger partial charge in [0.15, 0.2) is 0 Å². The third kappa shape index (κ3) is 9.85. The highest BCUT2D eigenvalue weighted by Gasteiger charge is 2.35. The van der Waals surface area contributed by atoms with Crippen LogP contribution in [0.2, 0.25) is 0 Å². The molecule has 8 nitrogen and oxygen atoms in total. The van der Waals surface area contributed by atoms with E-state index in [2.05, 4.69) is 21.2 Å². The fourth-order valence-corrected chi connectivity index (χ4v) is 7.09. The molecule has 47 heavy (non-hydrogen) atoms. The molecule has 0 radical (unpaired) electrons. The first-order valence-electron chi connectivity index (χ1n) is 15.3. The number of thioether (sulfide) groups is 1. The van der Waals surface area contributed by atoms with E-state index in [1.54, 1.807) is 48.5 Å². The standard InChI is InChI=1S/C36H40BrN3O5S2/c1-5-45-31-17-15-30(16-18-31)40(47(43,44)33-21-19-32(46-4)20-22-33)25-35(41)39(24-28-11-13-29(37)14-12-28)34(36(42)38-26(2)3)23-27-9-7-6-8-10-27/h6-22,26,34H,5,23-25H2,1-4H3,(H,38,42). The zero-order valence-corrected chi connectivity index (χ0v) is 30.1. The lowest BCUT2D eigenvalue weighted by atomic mass is 10.0. The van der Waals surface area contributed by atoms with Gasteiger partial charge in [-0.25, -0.2) is 8.42 Å². The molecule has 0 aliphatic carbocycles. The molecule has 0 saturated carbocycles. The van der Waals surface area contributed by atoms with Gasteiger partial charge in [-0.05, 0) is 98.8 Å². The Morgan fingerprint density at radius 1 is 0.872 bits per heavy atom. The molecule has 0 fully saturated rings. The van der Waals surface area contributed by atoms with E-state index in [-0.39, 0.29) is 29.8 Å². The molecule has 1 unspecified atom stereocenters. The number of nitrogens with zero attached hydrogens (tertiary/aromatic N) is 2. The summed E-state index contributed by atoms with van der Waals surface area (Å²) in [4.78, 5) is 30.8. The van der Waals surface area contributed by atoms with E-state index in [1.807, 2.05) is 81.6 Å². The summed E-state index contributed by atoms with van der Waals surface area (Å²) in [7, 11) is -4.21. The summed E-state index contributed by atoms with van der Waals surface area (Å²) < 4.78 is 36.1. The summed E-state index contributed by atoms with van der Waals surface area (Å²) in [6.07, 6.45) is 2.16. The zero-order chi connectivity index (χ0) is 34.0. The summed E-state index contributed by atoms with van der Waals surface area (Å²) in [5.41, 5.74) is 1.96. The monoisotopic (exact) mass is 737 g/mol. The number of carbonyl (C=O) groups is 2. The van der Waals surface area contributed by atoms with Crippen LogP contribution in [-0.2, 0) is 32.6 Å². The van der Waals surface area contributed by atoms with E-state index in [1.165, 1.54) is 16.7 Å². The number of hydrogen-bond acceptors (Lipinski definition) is 6. The van der Waals surface area contributed by atoms with Gasteiger partial charge in [-0.2, -0.15) is 0 Å². The Hall–Kier alpha value is -3.80. The Kier molecular flexibility index (Phi) is 12.9. The molecule has 0 heterocycles. The second-order valence-electron chi connectivity index (χ2n) is 11.1. The number of halogens is 1. The van der Waals surface area contributed by atoms with E-state index < -0.39 is 28.5 Å². The fourth-order valence-electron chi connectivity index (χ4n) is 5.00. The van der Waals surface area contributed by atoms with Gasteiger partial charge in [-0.3, -0.25) is 13.9 Å². The van der Waals surface area contributed by atoms with Crippen LogP contribution in [0, 0.1) is 0 Å². The molecule has 4 aromatic rings. The number of amides is 2. The lowest BCUT2D eigenvalue weighted by Gasteiger charge is -2.34. The summed E-state index contributed by atoms with van der Waals surface area (Å²) >= 11 is 4.96. The molecule has 248 valence electrons. The number of rotatable bonds is 15. The molecule has 1 N–H and O–H groups in total.